The van der Waals surface area contributed by atoms with Crippen LogP contribution in [0.2, 0.25) is 0 Å². The number of aliphatic hydroxyl groups excluding tert-OH is 1. The molecule has 2 rings (SSSR count). The summed E-state index contributed by atoms with van der Waals surface area (Å²) in [7, 11) is 0. The summed E-state index contributed by atoms with van der Waals surface area (Å²) in [5.74, 6) is 0.764. The number of benzene rings is 1. The first-order valence-corrected chi connectivity index (χ1v) is 5.94. The Hall–Kier alpha value is -1.06. The van der Waals surface area contributed by atoms with Crippen LogP contribution in [0, 0.1) is 5.92 Å². The Morgan fingerprint density at radius 3 is 2.62 bits per heavy atom. The lowest BCUT2D eigenvalue weighted by atomic mass is 9.89. The molecule has 0 spiro atoms. The van der Waals surface area contributed by atoms with E-state index in [1.165, 1.54) is 0 Å². The smallest absolute Gasteiger partial charge is 0.121 e. The summed E-state index contributed by atoms with van der Waals surface area (Å²) in [5, 5.41) is 23.0. The first kappa shape index (κ1) is 11.4. The van der Waals surface area contributed by atoms with E-state index in [-0.39, 0.29) is 5.75 Å². The van der Waals surface area contributed by atoms with Gasteiger partial charge in [0.05, 0.1) is 6.10 Å². The number of rotatable bonds is 3. The molecule has 3 N–H and O–H groups in total. The van der Waals surface area contributed by atoms with E-state index >= 15 is 0 Å². The fourth-order valence-electron chi connectivity index (χ4n) is 2.33. The maximum Gasteiger partial charge on any atom is 0.121 e. The molecule has 1 atom stereocenters. The molecule has 16 heavy (non-hydrogen) atoms. The van der Waals surface area contributed by atoms with Crippen molar-refractivity contribution in [1.29, 1.82) is 0 Å². The molecule has 1 aliphatic rings. The number of phenols is 1. The Morgan fingerprint density at radius 1 is 1.25 bits per heavy atom. The number of hydrogen-bond acceptors (Lipinski definition) is 3. The molecular formula is C13H19NO2. The van der Waals surface area contributed by atoms with Crippen LogP contribution in [-0.4, -0.2) is 23.3 Å². The third-order valence-electron chi connectivity index (χ3n) is 3.31. The van der Waals surface area contributed by atoms with Crippen molar-refractivity contribution in [3.05, 3.63) is 29.8 Å². The van der Waals surface area contributed by atoms with Crippen LogP contribution in [-0.2, 0) is 0 Å². The van der Waals surface area contributed by atoms with Gasteiger partial charge in [0.1, 0.15) is 5.75 Å². The summed E-state index contributed by atoms with van der Waals surface area (Å²) in [6, 6.07) is 7.04. The average molecular weight is 221 g/mol. The molecular weight excluding hydrogens is 202 g/mol. The Balaban J connectivity index is 1.96. The van der Waals surface area contributed by atoms with Crippen LogP contribution in [0.3, 0.4) is 0 Å². The highest BCUT2D eigenvalue weighted by atomic mass is 16.3. The van der Waals surface area contributed by atoms with Crippen LogP contribution < -0.4 is 5.32 Å². The highest BCUT2D eigenvalue weighted by Crippen LogP contribution is 2.30. The van der Waals surface area contributed by atoms with Crippen LogP contribution in [0.15, 0.2) is 24.3 Å². The summed E-state index contributed by atoms with van der Waals surface area (Å²) >= 11 is 0. The molecule has 3 nitrogen and oxygen atoms in total. The molecule has 0 saturated carbocycles. The van der Waals surface area contributed by atoms with Crippen molar-refractivity contribution in [3.8, 4) is 5.75 Å². The largest absolute Gasteiger partial charge is 0.508 e. The van der Waals surface area contributed by atoms with Gasteiger partial charge in [0.25, 0.3) is 0 Å². The van der Waals surface area contributed by atoms with Crippen molar-refractivity contribution in [2.45, 2.75) is 25.4 Å². The van der Waals surface area contributed by atoms with E-state index < -0.39 is 6.10 Å². The van der Waals surface area contributed by atoms with Gasteiger partial charge in [0, 0.05) is 5.56 Å². The maximum atomic E-state index is 10.1. The number of para-hydroxylation sites is 1. The molecule has 0 amide bonds. The summed E-state index contributed by atoms with van der Waals surface area (Å²) in [6.45, 7) is 2.08. The maximum absolute atomic E-state index is 10.1. The van der Waals surface area contributed by atoms with Gasteiger partial charge in [-0.1, -0.05) is 18.2 Å². The molecule has 1 fully saturated rings. The third-order valence-corrected chi connectivity index (χ3v) is 3.31. The Kier molecular flexibility index (Phi) is 3.80. The van der Waals surface area contributed by atoms with Crippen LogP contribution in [0.4, 0.5) is 0 Å². The van der Waals surface area contributed by atoms with Gasteiger partial charge < -0.3 is 15.5 Å². The second-order valence-electron chi connectivity index (χ2n) is 4.50. The lowest BCUT2D eigenvalue weighted by Crippen LogP contribution is -2.28. The van der Waals surface area contributed by atoms with Gasteiger partial charge in [0.15, 0.2) is 0 Å². The number of aromatic hydroxyl groups is 1. The summed E-state index contributed by atoms with van der Waals surface area (Å²) in [6.07, 6.45) is 2.44. The summed E-state index contributed by atoms with van der Waals surface area (Å²) in [4.78, 5) is 0. The van der Waals surface area contributed by atoms with E-state index in [4.69, 9.17) is 0 Å². The van der Waals surface area contributed by atoms with Gasteiger partial charge in [-0.05, 0) is 44.3 Å². The van der Waals surface area contributed by atoms with Crippen molar-refractivity contribution in [3.63, 3.8) is 0 Å². The monoisotopic (exact) mass is 221 g/mol. The average Bonchev–Trinajstić information content (AvgIpc) is 2.31. The Bertz CT molecular complexity index is 334. The van der Waals surface area contributed by atoms with Gasteiger partial charge in [0.2, 0.25) is 0 Å². The van der Waals surface area contributed by atoms with E-state index in [0.717, 1.165) is 32.4 Å². The lowest BCUT2D eigenvalue weighted by Gasteiger charge is -2.25. The van der Waals surface area contributed by atoms with Gasteiger partial charge in [-0.15, -0.1) is 0 Å². The van der Waals surface area contributed by atoms with Crippen LogP contribution in [0.1, 0.15) is 30.9 Å². The van der Waals surface area contributed by atoms with Crippen molar-refractivity contribution in [2.24, 2.45) is 5.92 Å². The summed E-state index contributed by atoms with van der Waals surface area (Å²) in [5.41, 5.74) is 0.654. The molecule has 1 saturated heterocycles. The van der Waals surface area contributed by atoms with Gasteiger partial charge in [-0.3, -0.25) is 0 Å². The zero-order valence-electron chi connectivity index (χ0n) is 9.39. The third kappa shape index (κ3) is 2.74. The molecule has 0 bridgehead atoms. The Labute approximate surface area is 96.1 Å². The molecule has 1 heterocycles. The van der Waals surface area contributed by atoms with Gasteiger partial charge in [-0.25, -0.2) is 0 Å². The van der Waals surface area contributed by atoms with E-state index in [9.17, 15) is 10.2 Å². The van der Waals surface area contributed by atoms with Crippen molar-refractivity contribution in [1.82, 2.24) is 5.32 Å². The normalized spacial score (nSPS) is 19.6. The highest BCUT2D eigenvalue weighted by molar-refractivity contribution is 5.33. The molecule has 1 aromatic rings. The minimum Gasteiger partial charge on any atom is -0.508 e. The minimum atomic E-state index is -0.538. The predicted octanol–water partition coefficient (Wildman–Crippen LogP) is 1.82. The van der Waals surface area contributed by atoms with E-state index in [0.29, 0.717) is 11.5 Å². The second kappa shape index (κ2) is 5.32. The quantitative estimate of drug-likeness (QED) is 0.729. The highest BCUT2D eigenvalue weighted by Gasteiger charge is 2.19. The standard InChI is InChI=1S/C13H19NO2/c15-12-4-2-1-3-11(12)13(16)9-10-5-7-14-8-6-10/h1-4,10,13-16H,5-9H2. The van der Waals surface area contributed by atoms with Crippen LogP contribution >= 0.6 is 0 Å². The number of aliphatic hydroxyl groups is 1. The molecule has 0 radical (unpaired) electrons. The van der Waals surface area contributed by atoms with Crippen LogP contribution in [0.5, 0.6) is 5.75 Å². The molecule has 1 unspecified atom stereocenters. The zero-order chi connectivity index (χ0) is 11.4. The van der Waals surface area contributed by atoms with E-state index in [1.54, 1.807) is 18.2 Å². The molecule has 1 aromatic carbocycles. The topological polar surface area (TPSA) is 52.5 Å². The van der Waals surface area contributed by atoms with Crippen LogP contribution in [0.25, 0.3) is 0 Å². The molecule has 3 heteroatoms. The predicted molar refractivity (Wildman–Crippen MR) is 63.3 cm³/mol. The molecule has 88 valence electrons. The van der Waals surface area contributed by atoms with Crippen molar-refractivity contribution >= 4 is 0 Å². The molecule has 1 aliphatic heterocycles. The lowest BCUT2D eigenvalue weighted by molar-refractivity contribution is 0.131. The van der Waals surface area contributed by atoms with Gasteiger partial charge >= 0.3 is 0 Å². The number of nitrogens with one attached hydrogen (secondary N) is 1. The zero-order valence-corrected chi connectivity index (χ0v) is 9.39. The summed E-state index contributed by atoms with van der Waals surface area (Å²) < 4.78 is 0. The fourth-order valence-corrected chi connectivity index (χ4v) is 2.33. The first-order valence-electron chi connectivity index (χ1n) is 5.94. The fraction of sp³-hybridized carbons (Fsp3) is 0.538. The van der Waals surface area contributed by atoms with Gasteiger partial charge in [-0.2, -0.15) is 0 Å². The second-order valence-corrected chi connectivity index (χ2v) is 4.50. The first-order chi connectivity index (χ1) is 7.77. The van der Waals surface area contributed by atoms with Crippen molar-refractivity contribution in [2.75, 3.05) is 13.1 Å². The van der Waals surface area contributed by atoms with Crippen molar-refractivity contribution < 1.29 is 10.2 Å². The minimum absolute atomic E-state index is 0.198. The molecule has 0 aliphatic carbocycles. The number of phenolic OH excluding ortho intramolecular Hbond substituents is 1. The number of piperidine rings is 1. The SMILES string of the molecule is Oc1ccccc1C(O)CC1CCNCC1. The number of hydrogen-bond donors (Lipinski definition) is 3. The molecule has 0 aromatic heterocycles. The van der Waals surface area contributed by atoms with E-state index in [2.05, 4.69) is 5.32 Å². The van der Waals surface area contributed by atoms with E-state index in [1.807, 2.05) is 6.07 Å². The Morgan fingerprint density at radius 2 is 1.94 bits per heavy atom.